The molecule has 0 aromatic heterocycles. The minimum Gasteiger partial charge on any atom is -0.351 e. The van der Waals surface area contributed by atoms with Crippen LogP contribution in [-0.2, 0) is 0 Å². The summed E-state index contributed by atoms with van der Waals surface area (Å²) in [6.07, 6.45) is 1.22. The fraction of sp³-hybridized carbons (Fsp3) is 0.571. The monoisotopic (exact) mass is 217 g/mol. The van der Waals surface area contributed by atoms with Crippen LogP contribution < -0.4 is 0 Å². The number of hydrogen-bond acceptors (Lipinski definition) is 1. The van der Waals surface area contributed by atoms with Gasteiger partial charge in [0.1, 0.15) is 0 Å². The van der Waals surface area contributed by atoms with Crippen molar-refractivity contribution in [3.63, 3.8) is 0 Å². The van der Waals surface area contributed by atoms with Crippen molar-refractivity contribution in [3.05, 3.63) is 35.4 Å². The lowest BCUT2D eigenvalue weighted by Crippen LogP contribution is -2.25. The maximum Gasteiger partial charge on any atom is 0.185 e. The maximum atomic E-state index is 2.36. The summed E-state index contributed by atoms with van der Waals surface area (Å²) in [5.41, 5.74) is 2.87. The molecule has 2 unspecified atom stereocenters. The second kappa shape index (κ2) is 6.10. The van der Waals surface area contributed by atoms with E-state index in [-0.39, 0.29) is 0 Å². The highest BCUT2D eigenvalue weighted by molar-refractivity contribution is 6.04. The highest BCUT2D eigenvalue weighted by atomic mass is 15.0. The fourth-order valence-electron chi connectivity index (χ4n) is 2.57. The summed E-state index contributed by atoms with van der Waals surface area (Å²) in [7, 11) is 4.30. The molecule has 0 saturated carbocycles. The predicted octanol–water partition coefficient (Wildman–Crippen LogP) is 2.60. The molecule has 1 aromatic rings. The summed E-state index contributed by atoms with van der Waals surface area (Å²) in [6.45, 7) is 7.98. The van der Waals surface area contributed by atoms with Gasteiger partial charge in [0.25, 0.3) is 0 Å². The van der Waals surface area contributed by atoms with E-state index in [1.165, 1.54) is 17.5 Å². The summed E-state index contributed by atoms with van der Waals surface area (Å²) in [6, 6.07) is 8.95. The highest BCUT2D eigenvalue weighted by Gasteiger charge is 2.17. The lowest BCUT2D eigenvalue weighted by molar-refractivity contribution is 0.363. The standard InChI is InChI=1S/C14H24BN/c1-5-14(12(3)10-16(4)15)13-8-6-7-11(2)9-13/h6-9,12,14H,5,10,15H2,1-4H3. The first-order chi connectivity index (χ1) is 7.54. The van der Waals surface area contributed by atoms with Crippen molar-refractivity contribution in [1.29, 1.82) is 0 Å². The van der Waals surface area contributed by atoms with E-state index in [2.05, 4.69) is 64.9 Å². The van der Waals surface area contributed by atoms with Gasteiger partial charge in [-0.15, -0.1) is 0 Å². The highest BCUT2D eigenvalue weighted by Crippen LogP contribution is 2.28. The van der Waals surface area contributed by atoms with Crippen LogP contribution in [0.1, 0.15) is 37.3 Å². The minimum absolute atomic E-state index is 0.683. The lowest BCUT2D eigenvalue weighted by Gasteiger charge is -2.26. The predicted molar refractivity (Wildman–Crippen MR) is 74.5 cm³/mol. The van der Waals surface area contributed by atoms with Gasteiger partial charge in [0.05, 0.1) is 0 Å². The number of benzene rings is 1. The largest absolute Gasteiger partial charge is 0.351 e. The topological polar surface area (TPSA) is 3.24 Å². The molecular formula is C14H24BN. The second-order valence-corrected chi connectivity index (χ2v) is 5.17. The Morgan fingerprint density at radius 3 is 2.56 bits per heavy atom. The molecule has 2 atom stereocenters. The number of hydrogen-bond donors (Lipinski definition) is 0. The third-order valence-electron chi connectivity index (χ3n) is 3.25. The molecule has 0 bridgehead atoms. The van der Waals surface area contributed by atoms with Crippen LogP contribution in [0.15, 0.2) is 24.3 Å². The molecule has 0 heterocycles. The van der Waals surface area contributed by atoms with Crippen LogP contribution in [0.2, 0.25) is 0 Å². The number of rotatable bonds is 5. The van der Waals surface area contributed by atoms with E-state index in [1.807, 2.05) is 0 Å². The average molecular weight is 217 g/mol. The zero-order valence-corrected chi connectivity index (χ0v) is 11.3. The lowest BCUT2D eigenvalue weighted by atomic mass is 9.84. The van der Waals surface area contributed by atoms with Crippen LogP contribution in [0.4, 0.5) is 0 Å². The van der Waals surface area contributed by atoms with Crippen LogP contribution in [0, 0.1) is 12.8 Å². The average Bonchev–Trinajstić information content (AvgIpc) is 2.17. The van der Waals surface area contributed by atoms with Gasteiger partial charge in [0.15, 0.2) is 7.98 Å². The van der Waals surface area contributed by atoms with E-state index < -0.39 is 0 Å². The second-order valence-electron chi connectivity index (χ2n) is 5.17. The van der Waals surface area contributed by atoms with Gasteiger partial charge in [-0.2, -0.15) is 0 Å². The van der Waals surface area contributed by atoms with E-state index in [4.69, 9.17) is 0 Å². The van der Waals surface area contributed by atoms with E-state index in [0.717, 1.165) is 6.54 Å². The quantitative estimate of drug-likeness (QED) is 0.685. The van der Waals surface area contributed by atoms with Gasteiger partial charge in [0.2, 0.25) is 0 Å². The Labute approximate surface area is 101 Å². The van der Waals surface area contributed by atoms with Gasteiger partial charge < -0.3 is 4.81 Å². The molecule has 1 nitrogen and oxygen atoms in total. The van der Waals surface area contributed by atoms with Crippen molar-refractivity contribution >= 4 is 7.98 Å². The molecular weight excluding hydrogens is 193 g/mol. The van der Waals surface area contributed by atoms with E-state index in [9.17, 15) is 0 Å². The molecule has 0 saturated heterocycles. The van der Waals surface area contributed by atoms with Gasteiger partial charge in [0, 0.05) is 0 Å². The molecule has 0 amide bonds. The van der Waals surface area contributed by atoms with Crippen molar-refractivity contribution in [2.24, 2.45) is 5.92 Å². The number of aryl methyl sites for hydroxylation is 1. The van der Waals surface area contributed by atoms with Crippen molar-refractivity contribution in [1.82, 2.24) is 4.81 Å². The van der Waals surface area contributed by atoms with E-state index >= 15 is 0 Å². The molecule has 2 heteroatoms. The fourth-order valence-corrected chi connectivity index (χ4v) is 2.57. The molecule has 16 heavy (non-hydrogen) atoms. The van der Waals surface area contributed by atoms with Crippen LogP contribution in [0.25, 0.3) is 0 Å². The Morgan fingerprint density at radius 2 is 2.06 bits per heavy atom. The summed E-state index contributed by atoms with van der Waals surface area (Å²) >= 11 is 0. The molecule has 0 fully saturated rings. The normalized spacial score (nSPS) is 15.1. The summed E-state index contributed by atoms with van der Waals surface area (Å²) in [5.74, 6) is 1.39. The summed E-state index contributed by atoms with van der Waals surface area (Å²) in [5, 5.41) is 0. The molecule has 0 aliphatic rings. The Morgan fingerprint density at radius 1 is 1.38 bits per heavy atom. The first-order valence-corrected chi connectivity index (χ1v) is 6.25. The van der Waals surface area contributed by atoms with Gasteiger partial charge in [-0.05, 0) is 44.3 Å². The molecule has 0 radical (unpaired) electrons. The first-order valence-electron chi connectivity index (χ1n) is 6.25. The smallest absolute Gasteiger partial charge is 0.185 e. The minimum atomic E-state index is 0.683. The maximum absolute atomic E-state index is 2.36. The van der Waals surface area contributed by atoms with Crippen LogP contribution in [0.3, 0.4) is 0 Å². The molecule has 0 aliphatic carbocycles. The van der Waals surface area contributed by atoms with Crippen molar-refractivity contribution in [3.8, 4) is 0 Å². The molecule has 1 aromatic carbocycles. The molecule has 88 valence electrons. The van der Waals surface area contributed by atoms with Gasteiger partial charge in [-0.25, -0.2) is 0 Å². The Hall–Kier alpha value is -0.755. The van der Waals surface area contributed by atoms with E-state index in [1.54, 1.807) is 0 Å². The Kier molecular flexibility index (Phi) is 5.07. The van der Waals surface area contributed by atoms with Crippen LogP contribution >= 0.6 is 0 Å². The van der Waals surface area contributed by atoms with Crippen molar-refractivity contribution in [2.45, 2.75) is 33.1 Å². The molecule has 0 spiro atoms. The Bertz CT molecular complexity index is 322. The third kappa shape index (κ3) is 3.68. The molecule has 0 N–H and O–H groups in total. The zero-order valence-electron chi connectivity index (χ0n) is 11.3. The van der Waals surface area contributed by atoms with Gasteiger partial charge >= 0.3 is 0 Å². The molecule has 0 aliphatic heterocycles. The molecule has 1 rings (SSSR count). The zero-order chi connectivity index (χ0) is 12.1. The third-order valence-corrected chi connectivity index (χ3v) is 3.25. The van der Waals surface area contributed by atoms with Gasteiger partial charge in [-0.3, -0.25) is 0 Å². The SMILES string of the molecule is BN(C)CC(C)C(CC)c1cccc(C)c1. The van der Waals surface area contributed by atoms with Crippen molar-refractivity contribution < 1.29 is 0 Å². The first kappa shape index (κ1) is 13.3. The van der Waals surface area contributed by atoms with Crippen LogP contribution in [0.5, 0.6) is 0 Å². The Balaban J connectivity index is 2.81. The number of nitrogens with zero attached hydrogens (tertiary/aromatic N) is 1. The van der Waals surface area contributed by atoms with Crippen LogP contribution in [-0.4, -0.2) is 26.4 Å². The van der Waals surface area contributed by atoms with Crippen molar-refractivity contribution in [2.75, 3.05) is 13.6 Å². The summed E-state index contributed by atoms with van der Waals surface area (Å²) < 4.78 is 0. The summed E-state index contributed by atoms with van der Waals surface area (Å²) in [4.78, 5) is 2.28. The van der Waals surface area contributed by atoms with Gasteiger partial charge in [-0.1, -0.05) is 43.7 Å². The van der Waals surface area contributed by atoms with E-state index in [0.29, 0.717) is 11.8 Å².